The topological polar surface area (TPSA) is 50.5 Å². The maximum absolute atomic E-state index is 5.37. The molecule has 125 heavy (non-hydrogen) atoms. The quantitative estimate of drug-likeness (QED) is 0.0357. The van der Waals surface area contributed by atoms with Crippen molar-refractivity contribution in [2.45, 2.75) is 321 Å². The minimum atomic E-state index is -0.223. The van der Waals surface area contributed by atoms with Crippen molar-refractivity contribution >= 4 is 46.1 Å². The molecule has 3 heterocycles. The molecule has 0 spiro atoms. The first-order valence-electron chi connectivity index (χ1n) is 50.4. The van der Waals surface area contributed by atoms with Crippen LogP contribution in [-0.4, -0.2) is 16.6 Å². The first-order valence-corrected chi connectivity index (χ1v) is 50.4. The summed E-state index contributed by atoms with van der Waals surface area (Å²) < 4.78 is 0. The van der Waals surface area contributed by atoms with Gasteiger partial charge in [0.2, 0.25) is 0 Å². The van der Waals surface area contributed by atoms with Gasteiger partial charge in [0.05, 0.1) is 33.1 Å². The molecular weight excluding hydrogens is 1510 g/mol. The fraction of sp³-hybridized carbons (Fsp3) is 0.421. The fourth-order valence-electron chi connectivity index (χ4n) is 21.6. The van der Waals surface area contributed by atoms with E-state index >= 15 is 0 Å². The molecule has 2 aliphatic carbocycles. The predicted molar refractivity (Wildman–Crippen MR) is 540 cm³/mol. The van der Waals surface area contributed by atoms with Crippen molar-refractivity contribution in [2.24, 2.45) is 9.98 Å². The molecule has 10 aromatic carbocycles. The molecule has 3 aliphatic rings. The summed E-state index contributed by atoms with van der Waals surface area (Å²) in [5, 5.41) is 4.35. The molecular formula is C121H144N4. The Morgan fingerprint density at radius 3 is 0.856 bits per heavy atom. The van der Waals surface area contributed by atoms with Gasteiger partial charge < -0.3 is 0 Å². The van der Waals surface area contributed by atoms with Crippen LogP contribution >= 0.6 is 0 Å². The summed E-state index contributed by atoms with van der Waals surface area (Å²) in [5.41, 5.74) is 30.0. The van der Waals surface area contributed by atoms with Gasteiger partial charge in [-0.15, -0.1) is 0 Å². The van der Waals surface area contributed by atoms with Gasteiger partial charge in [-0.2, -0.15) is 0 Å². The third-order valence-electron chi connectivity index (χ3n) is 28.6. The lowest BCUT2D eigenvalue weighted by molar-refractivity contribution is 0.397. The highest BCUT2D eigenvalue weighted by Crippen LogP contribution is 2.59. The number of hydrogen-bond acceptors (Lipinski definition) is 4. The van der Waals surface area contributed by atoms with Crippen LogP contribution in [0.4, 0.5) is 0 Å². The maximum atomic E-state index is 5.37. The summed E-state index contributed by atoms with van der Waals surface area (Å²) in [6.45, 7) is 9.80. The molecule has 0 amide bonds. The smallest absolute Gasteiger partial charge is 0.130 e. The Kier molecular flexibility index (Phi) is 33.5. The standard InChI is InChI=1S/C121H144N4/c1-5-9-13-17-21-25-29-33-37-51-81-120(82-52-38-34-30-26-22-18-14-10-6-2)112-87-96(92-55-43-41-44-56-92)67-75-106(112)108-77-69-100(89-114(108)120)110-85-98(66-74-103-72-64-95-60-48-50-62-117(95)125-103)111(86-97(110)65-73-102-71-63-94-59-47-49-61-116(94)124-102)101-70-78-109-107-76-68-99(105-80-79-104(93-57-45-42-46-58-93)118-119(105)123-91-122-118)88-113(107)121(115(109)90-101,83-53-39-35-31-27-23-19-15-11-7-3)84-54-40-36-32-28-24-20-16-12-8-4/h41-50,55-80,85-90H,5-40,51-54,81-84,91H2,1-4H3/b73-65+,74-66+. The number of rotatable bonds is 53. The van der Waals surface area contributed by atoms with E-state index in [-0.39, 0.29) is 10.8 Å². The Labute approximate surface area is 752 Å². The van der Waals surface area contributed by atoms with E-state index in [0.29, 0.717) is 6.67 Å². The van der Waals surface area contributed by atoms with E-state index in [1.165, 1.54) is 357 Å². The molecule has 0 radical (unpaired) electrons. The largest absolute Gasteiger partial charge is 0.259 e. The van der Waals surface area contributed by atoms with Crippen molar-refractivity contribution in [3.05, 3.63) is 286 Å². The first-order chi connectivity index (χ1) is 61.9. The van der Waals surface area contributed by atoms with Gasteiger partial charge in [0.25, 0.3) is 0 Å². The number of benzene rings is 10. The third kappa shape index (κ3) is 22.7. The van der Waals surface area contributed by atoms with Crippen LogP contribution in [0.1, 0.15) is 355 Å². The zero-order valence-corrected chi connectivity index (χ0v) is 76.9. The highest BCUT2D eigenvalue weighted by Gasteiger charge is 2.45. The predicted octanol–water partition coefficient (Wildman–Crippen LogP) is 35.4. The van der Waals surface area contributed by atoms with Crippen LogP contribution < -0.4 is 10.7 Å². The molecule has 0 fully saturated rings. The SMILES string of the molecule is CCCCCCCCCCCCC1(CCCCCCCCCCCC)c2cc(-c3ccccc3)ccc2-c2ccc(-c3cc(/C=C/c4ccc5ccccc5n4)c(-c4ccc5c(c4)C(CCCCCCCCCCCC)(CCCCCCCCCCCC)c4cc(-c6ccc(-c7ccccc7)c7c6=NCN=7)ccc4-5)cc3/C=C/c3ccc4ccccc4n3)cc21. The monoisotopic (exact) mass is 1650 g/mol. The minimum absolute atomic E-state index is 0.156. The van der Waals surface area contributed by atoms with E-state index in [4.69, 9.17) is 20.0 Å². The summed E-state index contributed by atoms with van der Waals surface area (Å²) in [4.78, 5) is 21.1. The van der Waals surface area contributed by atoms with Crippen LogP contribution in [0.2, 0.25) is 0 Å². The van der Waals surface area contributed by atoms with Crippen molar-refractivity contribution in [2.75, 3.05) is 6.67 Å². The molecule has 648 valence electrons. The van der Waals surface area contributed by atoms with Gasteiger partial charge >= 0.3 is 0 Å². The minimum Gasteiger partial charge on any atom is -0.259 e. The van der Waals surface area contributed by atoms with E-state index in [1.54, 1.807) is 5.56 Å². The third-order valence-corrected chi connectivity index (χ3v) is 28.6. The van der Waals surface area contributed by atoms with E-state index in [9.17, 15) is 0 Å². The van der Waals surface area contributed by atoms with Gasteiger partial charge in [-0.25, -0.2) is 9.97 Å². The molecule has 0 N–H and O–H groups in total. The molecule has 4 nitrogen and oxygen atoms in total. The number of unbranched alkanes of at least 4 members (excludes halogenated alkanes) is 36. The Bertz CT molecular complexity index is 5590. The van der Waals surface area contributed by atoms with Gasteiger partial charge in [-0.1, -0.05) is 467 Å². The highest BCUT2D eigenvalue weighted by atomic mass is 15.0. The van der Waals surface area contributed by atoms with E-state index in [1.807, 2.05) is 0 Å². The summed E-state index contributed by atoms with van der Waals surface area (Å²) in [7, 11) is 0. The number of nitrogens with zero attached hydrogens (tertiary/aromatic N) is 4. The average molecular weight is 1650 g/mol. The number of pyridine rings is 2. The maximum Gasteiger partial charge on any atom is 0.130 e. The zero-order valence-electron chi connectivity index (χ0n) is 76.9. The zero-order chi connectivity index (χ0) is 85.5. The summed E-state index contributed by atoms with van der Waals surface area (Å²) >= 11 is 0. The number of fused-ring (bicyclic) bond motifs is 9. The molecule has 0 saturated carbocycles. The number of aromatic nitrogens is 2. The van der Waals surface area contributed by atoms with Gasteiger partial charge in [0.1, 0.15) is 6.67 Å². The highest BCUT2D eigenvalue weighted by molar-refractivity contribution is 5.95. The summed E-state index contributed by atoms with van der Waals surface area (Å²) in [6.07, 6.45) is 66.8. The normalized spacial score (nSPS) is 13.4. The second kappa shape index (κ2) is 46.5. The van der Waals surface area contributed by atoms with E-state index in [2.05, 4.69) is 283 Å². The molecule has 0 atom stereocenters. The lowest BCUT2D eigenvalue weighted by atomic mass is 9.69. The Morgan fingerprint density at radius 2 is 0.504 bits per heavy atom. The summed E-state index contributed by atoms with van der Waals surface area (Å²) in [6, 6.07) is 88.7. The Balaban J connectivity index is 0.886. The van der Waals surface area contributed by atoms with E-state index < -0.39 is 0 Å². The molecule has 1 aliphatic heterocycles. The van der Waals surface area contributed by atoms with Crippen LogP contribution in [0.15, 0.2) is 241 Å². The van der Waals surface area contributed by atoms with Crippen molar-refractivity contribution in [1.82, 2.24) is 9.97 Å². The fourth-order valence-corrected chi connectivity index (χ4v) is 21.6. The number of hydrogen-bond donors (Lipinski definition) is 0. The van der Waals surface area contributed by atoms with Crippen LogP contribution in [-0.2, 0) is 10.8 Å². The second-order valence-electron chi connectivity index (χ2n) is 37.5. The van der Waals surface area contributed by atoms with Crippen molar-refractivity contribution in [3.63, 3.8) is 0 Å². The Hall–Kier alpha value is -9.90. The molecule has 0 unspecified atom stereocenters. The molecule has 0 saturated heterocycles. The molecule has 2 aromatic heterocycles. The number of para-hydroxylation sites is 2. The van der Waals surface area contributed by atoms with Crippen LogP contribution in [0.3, 0.4) is 0 Å². The van der Waals surface area contributed by atoms with Crippen molar-refractivity contribution < 1.29 is 0 Å². The molecule has 15 rings (SSSR count). The van der Waals surface area contributed by atoms with Crippen LogP contribution in [0.25, 0.3) is 124 Å². The van der Waals surface area contributed by atoms with Crippen LogP contribution in [0, 0.1) is 0 Å². The first kappa shape index (κ1) is 89.9. The Morgan fingerprint density at radius 1 is 0.224 bits per heavy atom. The average Bonchev–Trinajstić information content (AvgIpc) is 1.56. The molecule has 0 bridgehead atoms. The lowest BCUT2D eigenvalue weighted by Crippen LogP contribution is -2.27. The van der Waals surface area contributed by atoms with E-state index in [0.717, 1.165) is 75.2 Å². The molecule has 12 aromatic rings. The summed E-state index contributed by atoms with van der Waals surface area (Å²) in [5.74, 6) is 0. The molecule has 4 heteroatoms. The second-order valence-corrected chi connectivity index (χ2v) is 37.5. The van der Waals surface area contributed by atoms with Gasteiger partial charge in [0, 0.05) is 32.7 Å². The lowest BCUT2D eigenvalue weighted by Gasteiger charge is -2.34. The van der Waals surface area contributed by atoms with Crippen LogP contribution in [0.5, 0.6) is 0 Å². The van der Waals surface area contributed by atoms with Crippen molar-refractivity contribution in [1.29, 1.82) is 0 Å². The van der Waals surface area contributed by atoms with Gasteiger partial charge in [0.15, 0.2) is 0 Å². The van der Waals surface area contributed by atoms with Gasteiger partial charge in [-0.3, -0.25) is 9.98 Å². The van der Waals surface area contributed by atoms with Gasteiger partial charge in [-0.05, 0) is 199 Å². The van der Waals surface area contributed by atoms with Crippen molar-refractivity contribution in [3.8, 4) is 77.9 Å².